The molecule has 0 saturated heterocycles. The van der Waals surface area contributed by atoms with Crippen molar-refractivity contribution in [2.24, 2.45) is 0 Å². The Morgan fingerprint density at radius 1 is 1.09 bits per heavy atom. The summed E-state index contributed by atoms with van der Waals surface area (Å²) in [7, 11) is 1.57. The van der Waals surface area contributed by atoms with Gasteiger partial charge in [0.15, 0.2) is 0 Å². The van der Waals surface area contributed by atoms with Crippen LogP contribution in [0.4, 0.5) is 0 Å². The van der Waals surface area contributed by atoms with Crippen LogP contribution in [0.5, 0.6) is 11.5 Å². The first-order valence-corrected chi connectivity index (χ1v) is 7.51. The molecule has 0 bridgehead atoms. The molecule has 118 valence electrons. The lowest BCUT2D eigenvalue weighted by Crippen LogP contribution is -2.04. The summed E-state index contributed by atoms with van der Waals surface area (Å²) in [6.07, 6.45) is 0. The Kier molecular flexibility index (Phi) is 4.46. The van der Waals surface area contributed by atoms with E-state index in [-0.39, 0.29) is 6.61 Å². The molecule has 0 atom stereocenters. The van der Waals surface area contributed by atoms with Crippen molar-refractivity contribution in [3.05, 3.63) is 68.5 Å². The molecule has 0 saturated carbocycles. The van der Waals surface area contributed by atoms with Crippen molar-refractivity contribution in [1.29, 1.82) is 0 Å². The van der Waals surface area contributed by atoms with Crippen LogP contribution >= 0.6 is 23.2 Å². The lowest BCUT2D eigenvalue weighted by molar-refractivity contribution is 0.307. The highest BCUT2D eigenvalue weighted by molar-refractivity contribution is 6.35. The number of fused-ring (bicyclic) bond motifs is 1. The van der Waals surface area contributed by atoms with Gasteiger partial charge in [-0.3, -0.25) is 0 Å². The molecule has 6 heteroatoms. The number of halogens is 2. The molecule has 1 heterocycles. The number of rotatable bonds is 4. The predicted molar refractivity (Wildman–Crippen MR) is 89.8 cm³/mol. The number of hydrogen-bond donors (Lipinski definition) is 0. The minimum atomic E-state index is -0.441. The fourth-order valence-corrected chi connectivity index (χ4v) is 2.66. The Balaban J connectivity index is 1.97. The van der Waals surface area contributed by atoms with E-state index in [1.165, 1.54) is 6.07 Å². The minimum absolute atomic E-state index is 0.163. The molecule has 0 unspecified atom stereocenters. The highest BCUT2D eigenvalue weighted by atomic mass is 35.5. The molecule has 1 aromatic heterocycles. The van der Waals surface area contributed by atoms with E-state index in [0.29, 0.717) is 32.7 Å². The van der Waals surface area contributed by atoms with Crippen LogP contribution in [0.3, 0.4) is 0 Å². The van der Waals surface area contributed by atoms with E-state index in [0.717, 1.165) is 5.39 Å². The second-order valence-electron chi connectivity index (χ2n) is 4.82. The molecule has 0 aliphatic rings. The van der Waals surface area contributed by atoms with E-state index >= 15 is 0 Å². The summed E-state index contributed by atoms with van der Waals surface area (Å²) in [6.45, 7) is 0.163. The standard InChI is InChI=1S/C17H12Cl2O4/c1-21-12-3-5-15-13(8-12)10(6-17(20)23-15)9-22-16-4-2-11(18)7-14(16)19/h2-8H,9H2,1H3. The molecule has 0 aliphatic carbocycles. The average molecular weight is 351 g/mol. The van der Waals surface area contributed by atoms with Gasteiger partial charge in [0.1, 0.15) is 23.7 Å². The van der Waals surface area contributed by atoms with Crippen molar-refractivity contribution in [3.8, 4) is 11.5 Å². The molecule has 3 aromatic rings. The first-order chi connectivity index (χ1) is 11.1. The highest BCUT2D eigenvalue weighted by Gasteiger charge is 2.09. The van der Waals surface area contributed by atoms with Gasteiger partial charge in [0.25, 0.3) is 0 Å². The normalized spacial score (nSPS) is 10.7. The van der Waals surface area contributed by atoms with Crippen molar-refractivity contribution < 1.29 is 13.9 Å². The van der Waals surface area contributed by atoms with Crippen LogP contribution in [0.15, 0.2) is 51.7 Å². The Morgan fingerprint density at radius 2 is 1.91 bits per heavy atom. The Bertz CT molecular complexity index is 918. The van der Waals surface area contributed by atoms with E-state index in [4.69, 9.17) is 37.1 Å². The van der Waals surface area contributed by atoms with Crippen LogP contribution in [0.2, 0.25) is 10.0 Å². The van der Waals surface area contributed by atoms with Gasteiger partial charge in [0.2, 0.25) is 0 Å². The molecule has 2 aromatic carbocycles. The average Bonchev–Trinajstić information content (AvgIpc) is 2.53. The van der Waals surface area contributed by atoms with E-state index in [9.17, 15) is 4.79 Å². The van der Waals surface area contributed by atoms with Gasteiger partial charge in [0, 0.05) is 22.0 Å². The smallest absolute Gasteiger partial charge is 0.336 e. The summed E-state index contributed by atoms with van der Waals surface area (Å²) in [4.78, 5) is 11.7. The molecule has 0 amide bonds. The number of methoxy groups -OCH3 is 1. The number of ether oxygens (including phenoxy) is 2. The Labute approximate surface area is 142 Å². The van der Waals surface area contributed by atoms with Crippen LogP contribution in [-0.4, -0.2) is 7.11 Å². The fourth-order valence-electron chi connectivity index (χ4n) is 2.20. The van der Waals surface area contributed by atoms with Gasteiger partial charge in [-0.2, -0.15) is 0 Å². The van der Waals surface area contributed by atoms with E-state index < -0.39 is 5.63 Å². The lowest BCUT2D eigenvalue weighted by atomic mass is 10.1. The molecule has 23 heavy (non-hydrogen) atoms. The SMILES string of the molecule is COc1ccc2oc(=O)cc(COc3ccc(Cl)cc3Cl)c2c1. The molecular formula is C17H12Cl2O4. The zero-order chi connectivity index (χ0) is 16.4. The minimum Gasteiger partial charge on any atom is -0.497 e. The second kappa shape index (κ2) is 6.52. The lowest BCUT2D eigenvalue weighted by Gasteiger charge is -2.10. The van der Waals surface area contributed by atoms with Crippen molar-refractivity contribution in [1.82, 2.24) is 0 Å². The van der Waals surface area contributed by atoms with Gasteiger partial charge in [-0.25, -0.2) is 4.79 Å². The van der Waals surface area contributed by atoms with Gasteiger partial charge in [0.05, 0.1) is 12.1 Å². The van der Waals surface area contributed by atoms with E-state index in [1.54, 1.807) is 43.5 Å². The number of hydrogen-bond acceptors (Lipinski definition) is 4. The van der Waals surface area contributed by atoms with Crippen molar-refractivity contribution >= 4 is 34.2 Å². The maximum absolute atomic E-state index is 11.7. The maximum atomic E-state index is 11.7. The van der Waals surface area contributed by atoms with Gasteiger partial charge in [-0.05, 0) is 36.4 Å². The van der Waals surface area contributed by atoms with Crippen LogP contribution < -0.4 is 15.1 Å². The molecule has 0 fully saturated rings. The highest BCUT2D eigenvalue weighted by Crippen LogP contribution is 2.29. The van der Waals surface area contributed by atoms with Crippen molar-refractivity contribution in [2.45, 2.75) is 6.61 Å². The summed E-state index contributed by atoms with van der Waals surface area (Å²) in [6, 6.07) is 11.6. The summed E-state index contributed by atoms with van der Waals surface area (Å²) in [5, 5.41) is 1.68. The third-order valence-electron chi connectivity index (χ3n) is 3.31. The third-order valence-corrected chi connectivity index (χ3v) is 3.84. The Hall–Kier alpha value is -2.17. The van der Waals surface area contributed by atoms with Gasteiger partial charge in [-0.1, -0.05) is 23.2 Å². The summed E-state index contributed by atoms with van der Waals surface area (Å²) < 4.78 is 16.1. The second-order valence-corrected chi connectivity index (χ2v) is 5.66. The molecule has 4 nitrogen and oxygen atoms in total. The Morgan fingerprint density at radius 3 is 2.65 bits per heavy atom. The summed E-state index contributed by atoms with van der Waals surface area (Å²) >= 11 is 11.9. The topological polar surface area (TPSA) is 48.7 Å². The molecule has 0 radical (unpaired) electrons. The number of benzene rings is 2. The third kappa shape index (κ3) is 3.44. The largest absolute Gasteiger partial charge is 0.497 e. The van der Waals surface area contributed by atoms with Crippen LogP contribution in [0.1, 0.15) is 5.56 Å². The van der Waals surface area contributed by atoms with Crippen LogP contribution in [-0.2, 0) is 6.61 Å². The zero-order valence-electron chi connectivity index (χ0n) is 12.1. The monoisotopic (exact) mass is 350 g/mol. The zero-order valence-corrected chi connectivity index (χ0v) is 13.6. The van der Waals surface area contributed by atoms with Gasteiger partial charge >= 0.3 is 5.63 Å². The molecule has 0 N–H and O–H groups in total. The van der Waals surface area contributed by atoms with Crippen LogP contribution in [0, 0.1) is 0 Å². The quantitative estimate of drug-likeness (QED) is 0.640. The van der Waals surface area contributed by atoms with Crippen molar-refractivity contribution in [2.75, 3.05) is 7.11 Å². The summed E-state index contributed by atoms with van der Waals surface area (Å²) in [5.74, 6) is 1.15. The summed E-state index contributed by atoms with van der Waals surface area (Å²) in [5.41, 5.74) is 0.712. The first-order valence-electron chi connectivity index (χ1n) is 6.75. The van der Waals surface area contributed by atoms with E-state index in [1.807, 2.05) is 0 Å². The van der Waals surface area contributed by atoms with Gasteiger partial charge in [-0.15, -0.1) is 0 Å². The first kappa shape index (κ1) is 15.7. The molecular weight excluding hydrogens is 339 g/mol. The maximum Gasteiger partial charge on any atom is 0.336 e. The molecule has 0 aliphatic heterocycles. The van der Waals surface area contributed by atoms with Crippen molar-refractivity contribution in [3.63, 3.8) is 0 Å². The molecule has 3 rings (SSSR count). The van der Waals surface area contributed by atoms with E-state index in [2.05, 4.69) is 0 Å². The van der Waals surface area contributed by atoms with Crippen LogP contribution in [0.25, 0.3) is 11.0 Å². The molecule has 0 spiro atoms. The predicted octanol–water partition coefficient (Wildman–Crippen LogP) is 4.69. The van der Waals surface area contributed by atoms with Gasteiger partial charge < -0.3 is 13.9 Å². The fraction of sp³-hybridized carbons (Fsp3) is 0.118.